The lowest BCUT2D eigenvalue weighted by atomic mass is 9.77. The van der Waals surface area contributed by atoms with E-state index in [1.54, 1.807) is 6.07 Å². The van der Waals surface area contributed by atoms with Crippen molar-refractivity contribution in [2.75, 3.05) is 20.7 Å². The number of ether oxygens (including phenoxy) is 1. The van der Waals surface area contributed by atoms with E-state index in [0.717, 1.165) is 6.42 Å². The number of nitrogens with zero attached hydrogens (tertiary/aromatic N) is 1. The third-order valence-corrected chi connectivity index (χ3v) is 4.01. The van der Waals surface area contributed by atoms with Crippen LogP contribution >= 0.6 is 0 Å². The lowest BCUT2D eigenvalue weighted by Gasteiger charge is -2.22. The van der Waals surface area contributed by atoms with Crippen LogP contribution in [0.15, 0.2) is 12.1 Å². The average molecular weight is 307 g/mol. The van der Waals surface area contributed by atoms with Crippen LogP contribution in [0.1, 0.15) is 28.3 Å². The average Bonchev–Trinajstić information content (AvgIpc) is 3.25. The molecule has 1 amide bonds. The molecule has 1 aromatic rings. The molecule has 1 heterocycles. The standard InChI is InChI=1S/C14H15BFNO5/c1-17(2)11(18)6-21-14(19)12-10(16)4-3-7-8-5-9(8)15(20)22-13(7)12/h3-4,8-9,20H,5-6H2,1-2H3. The maximum Gasteiger partial charge on any atom is 0.526 e. The molecule has 22 heavy (non-hydrogen) atoms. The van der Waals surface area contributed by atoms with Crippen LogP contribution < -0.4 is 4.65 Å². The van der Waals surface area contributed by atoms with E-state index >= 15 is 0 Å². The quantitative estimate of drug-likeness (QED) is 0.660. The van der Waals surface area contributed by atoms with Gasteiger partial charge < -0.3 is 19.3 Å². The van der Waals surface area contributed by atoms with Crippen LogP contribution in [-0.2, 0) is 9.53 Å². The van der Waals surface area contributed by atoms with Gasteiger partial charge in [-0.15, -0.1) is 0 Å². The third-order valence-electron chi connectivity index (χ3n) is 4.01. The molecule has 1 aromatic carbocycles. The highest BCUT2D eigenvalue weighted by Gasteiger charge is 2.54. The van der Waals surface area contributed by atoms with Crippen molar-refractivity contribution in [3.8, 4) is 5.75 Å². The predicted molar refractivity (Wildman–Crippen MR) is 75.1 cm³/mol. The molecule has 1 aliphatic heterocycles. The summed E-state index contributed by atoms with van der Waals surface area (Å²) >= 11 is 0. The molecule has 0 radical (unpaired) electrons. The smallest absolute Gasteiger partial charge is 0.526 e. The first-order chi connectivity index (χ1) is 10.4. The minimum atomic E-state index is -1.05. The highest BCUT2D eigenvalue weighted by atomic mass is 19.1. The van der Waals surface area contributed by atoms with Crippen molar-refractivity contribution >= 4 is 19.0 Å². The van der Waals surface area contributed by atoms with Gasteiger partial charge in [-0.05, 0) is 24.0 Å². The van der Waals surface area contributed by atoms with Crippen molar-refractivity contribution in [2.45, 2.75) is 18.2 Å². The summed E-state index contributed by atoms with van der Waals surface area (Å²) in [6, 6.07) is 2.74. The Morgan fingerprint density at radius 2 is 2.23 bits per heavy atom. The van der Waals surface area contributed by atoms with Crippen molar-refractivity contribution in [3.63, 3.8) is 0 Å². The number of rotatable bonds is 3. The Labute approximate surface area is 127 Å². The van der Waals surface area contributed by atoms with E-state index in [4.69, 9.17) is 9.39 Å². The first-order valence-corrected chi connectivity index (χ1v) is 6.94. The first-order valence-electron chi connectivity index (χ1n) is 6.94. The zero-order valence-corrected chi connectivity index (χ0v) is 12.2. The van der Waals surface area contributed by atoms with E-state index in [9.17, 15) is 19.0 Å². The molecule has 6 nitrogen and oxygen atoms in total. The number of hydrogen-bond donors (Lipinski definition) is 1. The maximum atomic E-state index is 14.0. The van der Waals surface area contributed by atoms with Crippen LogP contribution in [0, 0.1) is 5.82 Å². The van der Waals surface area contributed by atoms with E-state index < -0.39 is 31.4 Å². The molecular formula is C14H15BFNO5. The van der Waals surface area contributed by atoms with Crippen LogP contribution in [0.3, 0.4) is 0 Å². The van der Waals surface area contributed by atoms with E-state index in [1.807, 2.05) is 0 Å². The molecule has 0 bridgehead atoms. The Kier molecular flexibility index (Phi) is 3.56. The van der Waals surface area contributed by atoms with Crippen molar-refractivity contribution in [2.24, 2.45) is 0 Å². The number of carbonyl (C=O) groups is 2. The topological polar surface area (TPSA) is 76.1 Å². The third kappa shape index (κ3) is 2.43. The van der Waals surface area contributed by atoms with Gasteiger partial charge in [0.25, 0.3) is 5.91 Å². The molecule has 3 rings (SSSR count). The summed E-state index contributed by atoms with van der Waals surface area (Å²) in [7, 11) is 2.00. The summed E-state index contributed by atoms with van der Waals surface area (Å²) in [6.45, 7) is -0.483. The maximum absolute atomic E-state index is 14.0. The Morgan fingerprint density at radius 3 is 2.91 bits per heavy atom. The monoisotopic (exact) mass is 307 g/mol. The van der Waals surface area contributed by atoms with Gasteiger partial charge >= 0.3 is 13.1 Å². The molecule has 0 spiro atoms. The van der Waals surface area contributed by atoms with Crippen LogP contribution in [0.5, 0.6) is 5.75 Å². The van der Waals surface area contributed by atoms with Gasteiger partial charge in [0.2, 0.25) is 0 Å². The summed E-state index contributed by atoms with van der Waals surface area (Å²) in [6.07, 6.45) is 0.743. The van der Waals surface area contributed by atoms with E-state index in [2.05, 4.69) is 0 Å². The lowest BCUT2D eigenvalue weighted by molar-refractivity contribution is -0.131. The van der Waals surface area contributed by atoms with Gasteiger partial charge in [-0.2, -0.15) is 0 Å². The SMILES string of the molecule is CN(C)C(=O)COC(=O)c1c(F)ccc2c1OB(O)C1CC21. The minimum Gasteiger partial charge on any atom is -0.535 e. The number of hydrogen-bond acceptors (Lipinski definition) is 5. The van der Waals surface area contributed by atoms with Gasteiger partial charge in [-0.1, -0.05) is 6.07 Å². The zero-order chi connectivity index (χ0) is 16.0. The number of amides is 1. The molecule has 2 aliphatic rings. The van der Waals surface area contributed by atoms with E-state index in [1.165, 1.54) is 25.1 Å². The number of fused-ring (bicyclic) bond motifs is 3. The number of esters is 1. The fraction of sp³-hybridized carbons (Fsp3) is 0.429. The van der Waals surface area contributed by atoms with Crippen LogP contribution in [0.4, 0.5) is 4.39 Å². The molecule has 1 N–H and O–H groups in total. The second-order valence-electron chi connectivity index (χ2n) is 5.72. The molecule has 1 fully saturated rings. The number of benzene rings is 1. The summed E-state index contributed by atoms with van der Waals surface area (Å²) in [5.74, 6) is -2.09. The lowest BCUT2D eigenvalue weighted by Crippen LogP contribution is -2.30. The highest BCUT2D eigenvalue weighted by molar-refractivity contribution is 6.48. The minimum absolute atomic E-state index is 0.00264. The molecule has 0 aromatic heterocycles. The molecule has 2 atom stereocenters. The molecule has 1 saturated carbocycles. The largest absolute Gasteiger partial charge is 0.535 e. The van der Waals surface area contributed by atoms with E-state index in [-0.39, 0.29) is 23.0 Å². The van der Waals surface area contributed by atoms with Crippen molar-refractivity contribution in [3.05, 3.63) is 29.1 Å². The second-order valence-corrected chi connectivity index (χ2v) is 5.72. The number of carbonyl (C=O) groups excluding carboxylic acids is 2. The van der Waals surface area contributed by atoms with Crippen molar-refractivity contribution in [1.29, 1.82) is 0 Å². The Bertz CT molecular complexity index is 650. The van der Waals surface area contributed by atoms with Gasteiger partial charge in [-0.25, -0.2) is 9.18 Å². The normalized spacial score (nSPS) is 21.4. The Morgan fingerprint density at radius 1 is 1.50 bits per heavy atom. The summed E-state index contributed by atoms with van der Waals surface area (Å²) in [5.41, 5.74) is 0.330. The zero-order valence-electron chi connectivity index (χ0n) is 12.2. The van der Waals surface area contributed by atoms with Gasteiger partial charge in [0.1, 0.15) is 17.1 Å². The van der Waals surface area contributed by atoms with Gasteiger partial charge in [0.15, 0.2) is 6.61 Å². The molecule has 8 heteroatoms. The van der Waals surface area contributed by atoms with Crippen LogP contribution in [-0.4, -0.2) is 49.6 Å². The Hall–Kier alpha value is -2.09. The fourth-order valence-electron chi connectivity index (χ4n) is 2.61. The second kappa shape index (κ2) is 5.28. The summed E-state index contributed by atoms with van der Waals surface area (Å²) in [4.78, 5) is 24.8. The fourth-order valence-corrected chi connectivity index (χ4v) is 2.61. The molecule has 1 aliphatic carbocycles. The molecular weight excluding hydrogens is 292 g/mol. The van der Waals surface area contributed by atoms with Gasteiger partial charge in [0, 0.05) is 19.9 Å². The molecule has 2 unspecified atom stereocenters. The first kappa shape index (κ1) is 14.8. The number of likely N-dealkylation sites (N-methyl/N-ethyl adjacent to an activating group) is 1. The summed E-state index contributed by atoms with van der Waals surface area (Å²) < 4.78 is 24.2. The highest BCUT2D eigenvalue weighted by Crippen LogP contribution is 2.60. The van der Waals surface area contributed by atoms with Crippen molar-refractivity contribution in [1.82, 2.24) is 4.90 Å². The summed E-state index contributed by atoms with van der Waals surface area (Å²) in [5, 5.41) is 9.80. The number of halogens is 1. The predicted octanol–water partition coefficient (Wildman–Crippen LogP) is 0.801. The van der Waals surface area contributed by atoms with Gasteiger partial charge in [0.05, 0.1) is 0 Å². The van der Waals surface area contributed by atoms with Gasteiger partial charge in [-0.3, -0.25) is 4.79 Å². The molecule has 116 valence electrons. The Balaban J connectivity index is 1.86. The van der Waals surface area contributed by atoms with E-state index in [0.29, 0.717) is 5.56 Å². The van der Waals surface area contributed by atoms with Crippen molar-refractivity contribution < 1.29 is 28.4 Å². The van der Waals surface area contributed by atoms with Crippen LogP contribution in [0.25, 0.3) is 0 Å². The van der Waals surface area contributed by atoms with Crippen LogP contribution in [0.2, 0.25) is 5.82 Å². The molecule has 0 saturated heterocycles.